The quantitative estimate of drug-likeness (QED) is 0.510. The maximum atomic E-state index is 4.83. The van der Waals surface area contributed by atoms with Gasteiger partial charge in [-0.3, -0.25) is 0 Å². The molecule has 1 aliphatic rings. The third kappa shape index (κ3) is 1.48. The van der Waals surface area contributed by atoms with Crippen molar-refractivity contribution < 1.29 is 0 Å². The number of alkyl halides is 3. The van der Waals surface area contributed by atoms with Crippen molar-refractivity contribution >= 4 is 42.0 Å². The molecule has 2 aromatic rings. The summed E-state index contributed by atoms with van der Waals surface area (Å²) in [6, 6.07) is 13.1. The maximum absolute atomic E-state index is 4.83. The molecule has 0 spiro atoms. The summed E-state index contributed by atoms with van der Waals surface area (Å²) >= 11 is -1.05. The van der Waals surface area contributed by atoms with E-state index in [1.807, 2.05) is 0 Å². The molecule has 0 radical (unpaired) electrons. The first-order valence-electron chi connectivity index (χ1n) is 6.13. The molecule has 3 rings (SSSR count). The zero-order valence-electron chi connectivity index (χ0n) is 11.3. The van der Waals surface area contributed by atoms with E-state index in [0.29, 0.717) is 0 Å². The van der Waals surface area contributed by atoms with Crippen molar-refractivity contribution in [3.63, 3.8) is 0 Å². The van der Waals surface area contributed by atoms with Gasteiger partial charge >= 0.3 is 116 Å². The van der Waals surface area contributed by atoms with E-state index in [2.05, 4.69) is 60.1 Å². The molecular weight excluding hydrogens is 333 g/mol. The summed E-state index contributed by atoms with van der Waals surface area (Å²) in [6.07, 6.45) is 0. The monoisotopic (exact) mass is 351 g/mol. The van der Waals surface area contributed by atoms with Crippen LogP contribution in [-0.4, -0.2) is 15.6 Å². The van der Waals surface area contributed by atoms with Crippen LogP contribution in [0.2, 0.25) is 0 Å². The van der Waals surface area contributed by atoms with E-state index in [0.717, 1.165) is 0 Å². The zero-order valence-corrected chi connectivity index (χ0v) is 13.4. The average Bonchev–Trinajstić information content (AvgIpc) is 2.63. The third-order valence-electron chi connectivity index (χ3n) is 4.10. The van der Waals surface area contributed by atoms with E-state index in [9.17, 15) is 0 Å². The second-order valence-corrected chi connectivity index (χ2v) is 11.6. The van der Waals surface area contributed by atoms with E-state index < -0.39 is 19.8 Å². The number of nitrogens with zero attached hydrogens (tertiary/aromatic N) is 1. The van der Waals surface area contributed by atoms with Crippen LogP contribution in [0.3, 0.4) is 0 Å². The predicted molar refractivity (Wildman–Crippen MR) is 89.9 cm³/mol. The van der Waals surface area contributed by atoms with Gasteiger partial charge in [0.05, 0.1) is 0 Å². The molecule has 0 fully saturated rings. The molecule has 1 nitrogen and oxygen atoms in total. The molecule has 0 N–H and O–H groups in total. The van der Waals surface area contributed by atoms with Gasteiger partial charge in [0.2, 0.25) is 0 Å². The van der Waals surface area contributed by atoms with Crippen molar-refractivity contribution in [1.82, 2.24) is 0 Å². The molecule has 1 atom stereocenters. The Morgan fingerprint density at radius 3 is 2.50 bits per heavy atom. The van der Waals surface area contributed by atoms with Crippen molar-refractivity contribution in [1.29, 1.82) is 0 Å². The van der Waals surface area contributed by atoms with E-state index in [1.165, 1.54) is 27.7 Å². The summed E-state index contributed by atoms with van der Waals surface area (Å²) < 4.78 is 0.222. The van der Waals surface area contributed by atoms with Gasteiger partial charge in [0.15, 0.2) is 0 Å². The van der Waals surface area contributed by atoms with Crippen LogP contribution in [-0.2, 0) is 3.42 Å². The fourth-order valence-electron chi connectivity index (χ4n) is 2.78. The van der Waals surface area contributed by atoms with Crippen LogP contribution >= 0.6 is 19.8 Å². The van der Waals surface area contributed by atoms with Crippen LogP contribution < -0.4 is 0 Å². The van der Waals surface area contributed by atoms with Crippen LogP contribution in [0.4, 0.5) is 5.69 Å². The van der Waals surface area contributed by atoms with Crippen molar-refractivity contribution in [2.75, 3.05) is 9.86 Å². The number of fused-ring (bicyclic) bond motifs is 3. The van der Waals surface area contributed by atoms with Crippen LogP contribution in [0.15, 0.2) is 41.4 Å². The molecule has 94 valence electrons. The van der Waals surface area contributed by atoms with Gasteiger partial charge in [0.25, 0.3) is 0 Å². The van der Waals surface area contributed by atoms with E-state index in [1.54, 1.807) is 0 Å². The number of benzene rings is 2. The Bertz CT molecular complexity index is 657. The Balaban J connectivity index is 2.40. The molecule has 1 aliphatic heterocycles. The van der Waals surface area contributed by atoms with E-state index >= 15 is 0 Å². The number of rotatable bonds is 1. The second kappa shape index (κ2) is 4.05. The van der Waals surface area contributed by atoms with Gasteiger partial charge in [-0.2, -0.15) is 0 Å². The number of hydrogen-bond donors (Lipinski definition) is 0. The minimum atomic E-state index is -1.05. The molecule has 0 aromatic heterocycles. The van der Waals surface area contributed by atoms with Gasteiger partial charge in [-0.15, -0.1) is 0 Å². The molecule has 2 heteroatoms. The van der Waals surface area contributed by atoms with Crippen molar-refractivity contribution in [2.24, 2.45) is 4.99 Å². The molecule has 0 bridgehead atoms. The molecular formula is C16H18IN. The summed E-state index contributed by atoms with van der Waals surface area (Å²) in [4.78, 5) is 9.72. The fraction of sp³-hybridized carbons (Fsp3) is 0.312. The van der Waals surface area contributed by atoms with Crippen molar-refractivity contribution in [2.45, 2.75) is 17.3 Å². The van der Waals surface area contributed by atoms with Gasteiger partial charge in [0.1, 0.15) is 0 Å². The second-order valence-electron chi connectivity index (χ2n) is 5.14. The van der Waals surface area contributed by atoms with Crippen LogP contribution in [0.25, 0.3) is 10.8 Å². The Morgan fingerprint density at radius 2 is 1.78 bits per heavy atom. The number of hydrogen-bond acceptors (Lipinski definition) is 1. The van der Waals surface area contributed by atoms with Gasteiger partial charge in [0, 0.05) is 0 Å². The predicted octanol–water partition coefficient (Wildman–Crippen LogP) is 4.93. The Labute approximate surface area is 116 Å². The SMILES string of the molecule is CC1=Nc2ccc3ccccc3c2C1(C)I(C)C. The van der Waals surface area contributed by atoms with Gasteiger partial charge in [-0.05, 0) is 0 Å². The summed E-state index contributed by atoms with van der Waals surface area (Å²) in [5.74, 6) is 0. The first kappa shape index (κ1) is 12.2. The standard InChI is InChI=1S/C16H18IN/c1-11-16(2,17(3)4)15-13-8-6-5-7-12(13)9-10-14(15)18-11/h5-10H,1-4H3. The molecule has 0 amide bonds. The Morgan fingerprint density at radius 1 is 1.06 bits per heavy atom. The normalized spacial score (nSPS) is 22.9. The van der Waals surface area contributed by atoms with E-state index in [-0.39, 0.29) is 3.42 Å². The Hall–Kier alpha value is -0.900. The molecule has 0 saturated heterocycles. The number of aliphatic imine (C=N–C) groups is 1. The van der Waals surface area contributed by atoms with E-state index in [4.69, 9.17) is 4.99 Å². The summed E-state index contributed by atoms with van der Waals surface area (Å²) in [6.45, 7) is 4.60. The van der Waals surface area contributed by atoms with Crippen LogP contribution in [0.5, 0.6) is 0 Å². The van der Waals surface area contributed by atoms with Crippen LogP contribution in [0, 0.1) is 0 Å². The first-order valence-corrected chi connectivity index (χ1v) is 11.5. The average molecular weight is 351 g/mol. The van der Waals surface area contributed by atoms with Gasteiger partial charge in [-0.25, -0.2) is 0 Å². The van der Waals surface area contributed by atoms with Crippen molar-refractivity contribution in [3.05, 3.63) is 42.0 Å². The number of halogens is 1. The molecule has 0 aliphatic carbocycles. The fourth-order valence-corrected chi connectivity index (χ4v) is 6.10. The molecule has 1 unspecified atom stereocenters. The zero-order chi connectivity index (χ0) is 12.9. The topological polar surface area (TPSA) is 12.4 Å². The molecule has 2 aromatic carbocycles. The summed E-state index contributed by atoms with van der Waals surface area (Å²) in [5.41, 5.74) is 3.98. The minimum absolute atomic E-state index is 0.222. The van der Waals surface area contributed by atoms with Gasteiger partial charge in [-0.1, -0.05) is 0 Å². The first-order chi connectivity index (χ1) is 8.55. The van der Waals surface area contributed by atoms with Crippen LogP contribution in [0.1, 0.15) is 19.4 Å². The molecule has 1 heterocycles. The van der Waals surface area contributed by atoms with Crippen molar-refractivity contribution in [3.8, 4) is 0 Å². The molecule has 0 saturated carbocycles. The summed E-state index contributed by atoms with van der Waals surface area (Å²) in [7, 11) is 0. The third-order valence-corrected chi connectivity index (χ3v) is 9.74. The molecule has 18 heavy (non-hydrogen) atoms. The summed E-state index contributed by atoms with van der Waals surface area (Å²) in [5, 5.41) is 2.73. The van der Waals surface area contributed by atoms with Gasteiger partial charge < -0.3 is 0 Å². The Kier molecular flexibility index (Phi) is 2.73.